The van der Waals surface area contributed by atoms with Gasteiger partial charge in [-0.2, -0.15) is 5.10 Å². The Labute approximate surface area is 121 Å². The molecular formula is C14H15N5O2. The zero-order chi connectivity index (χ0) is 14.7. The molecular weight excluding hydrogens is 270 g/mol. The molecule has 21 heavy (non-hydrogen) atoms. The van der Waals surface area contributed by atoms with Gasteiger partial charge in [-0.25, -0.2) is 4.68 Å². The van der Waals surface area contributed by atoms with Crippen LogP contribution in [0.5, 0.6) is 11.5 Å². The monoisotopic (exact) mass is 285 g/mol. The number of phenols is 1. The van der Waals surface area contributed by atoms with Crippen molar-refractivity contribution >= 4 is 0 Å². The lowest BCUT2D eigenvalue weighted by Crippen LogP contribution is -2.02. The summed E-state index contributed by atoms with van der Waals surface area (Å²) in [6, 6.07) is 6.65. The molecule has 3 aromatic rings. The molecule has 0 fully saturated rings. The van der Waals surface area contributed by atoms with Crippen LogP contribution in [0.25, 0.3) is 0 Å². The van der Waals surface area contributed by atoms with Gasteiger partial charge in [-0.3, -0.25) is 5.10 Å². The van der Waals surface area contributed by atoms with Crippen LogP contribution >= 0.6 is 0 Å². The van der Waals surface area contributed by atoms with E-state index in [0.29, 0.717) is 18.9 Å². The minimum atomic E-state index is 0.172. The SMILES string of the molecule is Cc1cn[nH]c1Cn1cc(COc2cccc(O)c2)nn1. The van der Waals surface area contributed by atoms with Crippen LogP contribution in [0.3, 0.4) is 0 Å². The fourth-order valence-corrected chi connectivity index (χ4v) is 1.91. The van der Waals surface area contributed by atoms with Gasteiger partial charge >= 0.3 is 0 Å². The fourth-order valence-electron chi connectivity index (χ4n) is 1.91. The van der Waals surface area contributed by atoms with Crippen LogP contribution in [0.2, 0.25) is 0 Å². The van der Waals surface area contributed by atoms with Gasteiger partial charge in [0.1, 0.15) is 23.8 Å². The second-order valence-corrected chi connectivity index (χ2v) is 4.73. The number of ether oxygens (including phenoxy) is 1. The highest BCUT2D eigenvalue weighted by Crippen LogP contribution is 2.18. The predicted molar refractivity (Wildman–Crippen MR) is 74.9 cm³/mol. The van der Waals surface area contributed by atoms with Gasteiger partial charge in [0, 0.05) is 6.07 Å². The summed E-state index contributed by atoms with van der Waals surface area (Å²) in [6.07, 6.45) is 3.60. The molecule has 0 spiro atoms. The summed E-state index contributed by atoms with van der Waals surface area (Å²) in [7, 11) is 0. The number of nitrogens with one attached hydrogen (secondary N) is 1. The number of benzene rings is 1. The van der Waals surface area contributed by atoms with E-state index >= 15 is 0 Å². The molecule has 7 nitrogen and oxygen atoms in total. The smallest absolute Gasteiger partial charge is 0.134 e. The summed E-state index contributed by atoms with van der Waals surface area (Å²) < 4.78 is 7.27. The Morgan fingerprint density at radius 1 is 1.38 bits per heavy atom. The van der Waals surface area contributed by atoms with E-state index in [1.807, 2.05) is 13.1 Å². The Morgan fingerprint density at radius 3 is 3.05 bits per heavy atom. The standard InChI is InChI=1S/C14H15N5O2/c1-10-6-15-17-14(10)8-19-7-11(16-18-19)9-21-13-4-2-3-12(20)5-13/h2-7,20H,8-9H2,1H3,(H,15,17). The first kappa shape index (κ1) is 13.2. The van der Waals surface area contributed by atoms with E-state index in [0.717, 1.165) is 17.0 Å². The fraction of sp³-hybridized carbons (Fsp3) is 0.214. The molecule has 7 heteroatoms. The Bertz CT molecular complexity index is 734. The van der Waals surface area contributed by atoms with Crippen molar-refractivity contribution in [2.24, 2.45) is 0 Å². The van der Waals surface area contributed by atoms with Gasteiger partial charge in [0.15, 0.2) is 0 Å². The summed E-state index contributed by atoms with van der Waals surface area (Å²) in [5, 5.41) is 24.4. The second-order valence-electron chi connectivity index (χ2n) is 4.73. The summed E-state index contributed by atoms with van der Waals surface area (Å²) in [5.41, 5.74) is 2.80. The Kier molecular flexibility index (Phi) is 3.55. The number of nitrogens with zero attached hydrogens (tertiary/aromatic N) is 4. The van der Waals surface area contributed by atoms with Crippen LogP contribution in [0.15, 0.2) is 36.7 Å². The first-order valence-corrected chi connectivity index (χ1v) is 6.50. The maximum atomic E-state index is 9.36. The lowest BCUT2D eigenvalue weighted by Gasteiger charge is -2.03. The third-order valence-corrected chi connectivity index (χ3v) is 3.04. The molecule has 2 heterocycles. The molecule has 0 saturated heterocycles. The number of phenolic OH excluding ortho intramolecular Hbond substituents is 1. The van der Waals surface area contributed by atoms with Gasteiger partial charge in [-0.05, 0) is 24.6 Å². The zero-order valence-corrected chi connectivity index (χ0v) is 11.5. The quantitative estimate of drug-likeness (QED) is 0.744. The highest BCUT2D eigenvalue weighted by molar-refractivity contribution is 5.31. The topological polar surface area (TPSA) is 88.9 Å². The lowest BCUT2D eigenvalue weighted by molar-refractivity contribution is 0.299. The third kappa shape index (κ3) is 3.19. The molecule has 3 rings (SSSR count). The minimum absolute atomic E-state index is 0.172. The molecule has 0 amide bonds. The van der Waals surface area contributed by atoms with E-state index < -0.39 is 0 Å². The van der Waals surface area contributed by atoms with Crippen LogP contribution in [0.4, 0.5) is 0 Å². The highest BCUT2D eigenvalue weighted by Gasteiger charge is 2.06. The van der Waals surface area contributed by atoms with Crippen LogP contribution in [-0.2, 0) is 13.2 Å². The summed E-state index contributed by atoms with van der Waals surface area (Å²) in [6.45, 7) is 2.87. The van der Waals surface area contributed by atoms with Crippen molar-refractivity contribution in [1.82, 2.24) is 25.2 Å². The molecule has 0 bridgehead atoms. The first-order chi connectivity index (χ1) is 10.2. The van der Waals surface area contributed by atoms with E-state index in [2.05, 4.69) is 20.5 Å². The minimum Gasteiger partial charge on any atom is -0.508 e. The van der Waals surface area contributed by atoms with Crippen molar-refractivity contribution in [3.8, 4) is 11.5 Å². The number of hydrogen-bond donors (Lipinski definition) is 2. The van der Waals surface area contributed by atoms with Crippen LogP contribution < -0.4 is 4.74 Å². The van der Waals surface area contributed by atoms with Gasteiger partial charge < -0.3 is 9.84 Å². The van der Waals surface area contributed by atoms with Gasteiger partial charge in [0.05, 0.1) is 24.6 Å². The van der Waals surface area contributed by atoms with Crippen molar-refractivity contribution in [2.45, 2.75) is 20.1 Å². The van der Waals surface area contributed by atoms with Crippen molar-refractivity contribution in [3.05, 3.63) is 53.6 Å². The first-order valence-electron chi connectivity index (χ1n) is 6.50. The molecule has 108 valence electrons. The number of aromatic hydroxyl groups is 1. The number of rotatable bonds is 5. The number of aromatic nitrogens is 5. The third-order valence-electron chi connectivity index (χ3n) is 3.04. The number of aryl methyl sites for hydroxylation is 1. The Hall–Kier alpha value is -2.83. The van der Waals surface area contributed by atoms with Gasteiger partial charge in [-0.1, -0.05) is 11.3 Å². The van der Waals surface area contributed by atoms with Gasteiger partial charge in [0.25, 0.3) is 0 Å². The molecule has 0 radical (unpaired) electrons. The average Bonchev–Trinajstić information content (AvgIpc) is 3.07. The molecule has 0 aliphatic carbocycles. The second kappa shape index (κ2) is 5.66. The normalized spacial score (nSPS) is 10.7. The van der Waals surface area contributed by atoms with Crippen molar-refractivity contribution in [2.75, 3.05) is 0 Å². The summed E-state index contributed by atoms with van der Waals surface area (Å²) in [5.74, 6) is 0.764. The van der Waals surface area contributed by atoms with E-state index in [1.54, 1.807) is 35.1 Å². The van der Waals surface area contributed by atoms with E-state index in [1.165, 1.54) is 0 Å². The summed E-state index contributed by atoms with van der Waals surface area (Å²) >= 11 is 0. The van der Waals surface area contributed by atoms with Gasteiger partial charge in [0.2, 0.25) is 0 Å². The van der Waals surface area contributed by atoms with Crippen LogP contribution in [-0.4, -0.2) is 30.3 Å². The average molecular weight is 285 g/mol. The highest BCUT2D eigenvalue weighted by atomic mass is 16.5. The van der Waals surface area contributed by atoms with E-state index in [-0.39, 0.29) is 5.75 Å². The summed E-state index contributed by atoms with van der Waals surface area (Å²) in [4.78, 5) is 0. The number of aromatic amines is 1. The maximum Gasteiger partial charge on any atom is 0.134 e. The molecule has 0 aliphatic heterocycles. The molecule has 0 atom stereocenters. The van der Waals surface area contributed by atoms with Crippen LogP contribution in [0.1, 0.15) is 17.0 Å². The number of hydrogen-bond acceptors (Lipinski definition) is 5. The molecule has 1 aromatic carbocycles. The van der Waals surface area contributed by atoms with Gasteiger partial charge in [-0.15, -0.1) is 5.10 Å². The predicted octanol–water partition coefficient (Wildman–Crippen LogP) is 1.64. The Morgan fingerprint density at radius 2 is 2.29 bits per heavy atom. The largest absolute Gasteiger partial charge is 0.508 e. The van der Waals surface area contributed by atoms with Crippen LogP contribution in [0, 0.1) is 6.92 Å². The molecule has 2 aromatic heterocycles. The molecule has 0 saturated carbocycles. The molecule has 2 N–H and O–H groups in total. The van der Waals surface area contributed by atoms with Crippen molar-refractivity contribution in [3.63, 3.8) is 0 Å². The molecule has 0 aliphatic rings. The lowest BCUT2D eigenvalue weighted by atomic mass is 10.3. The zero-order valence-electron chi connectivity index (χ0n) is 11.5. The van der Waals surface area contributed by atoms with E-state index in [9.17, 15) is 5.11 Å². The van der Waals surface area contributed by atoms with Crippen molar-refractivity contribution in [1.29, 1.82) is 0 Å². The Balaban J connectivity index is 1.61. The van der Waals surface area contributed by atoms with E-state index in [4.69, 9.17) is 4.74 Å². The van der Waals surface area contributed by atoms with Crippen molar-refractivity contribution < 1.29 is 9.84 Å². The molecule has 0 unspecified atom stereocenters. The maximum absolute atomic E-state index is 9.36. The number of H-pyrrole nitrogens is 1.